The molecule has 4 heteroatoms. The number of alkyl halides is 1. The van der Waals surface area contributed by atoms with E-state index in [0.717, 1.165) is 12.8 Å². The predicted molar refractivity (Wildman–Crippen MR) is 65.4 cm³/mol. The first-order valence-electron chi connectivity index (χ1n) is 4.68. The fourth-order valence-corrected chi connectivity index (χ4v) is 1.95. The molecule has 1 rings (SSSR count). The second kappa shape index (κ2) is 6.37. The second-order valence-corrected chi connectivity index (χ2v) is 4.48. The van der Waals surface area contributed by atoms with Crippen LogP contribution in [-0.4, -0.2) is 11.7 Å². The van der Waals surface area contributed by atoms with Crippen molar-refractivity contribution in [3.05, 3.63) is 33.8 Å². The van der Waals surface area contributed by atoms with Gasteiger partial charge in [0, 0.05) is 27.9 Å². The van der Waals surface area contributed by atoms with Crippen molar-refractivity contribution in [3.63, 3.8) is 0 Å². The summed E-state index contributed by atoms with van der Waals surface area (Å²) in [7, 11) is 0. The van der Waals surface area contributed by atoms with Crippen molar-refractivity contribution < 1.29 is 4.79 Å². The number of carbonyl (C=O) groups excluding carboxylic acids is 1. The Morgan fingerprint density at radius 1 is 1.07 bits per heavy atom. The minimum Gasteiger partial charge on any atom is -0.294 e. The third-order valence-corrected chi connectivity index (χ3v) is 2.68. The lowest BCUT2D eigenvalue weighted by atomic mass is 10.1. The number of Topliss-reactive ketones (excluding diaryl/α,β-unsaturated/α-hetero) is 1. The van der Waals surface area contributed by atoms with Gasteiger partial charge in [-0.2, -0.15) is 0 Å². The maximum absolute atomic E-state index is 11.7. The van der Waals surface area contributed by atoms with Crippen LogP contribution in [0.25, 0.3) is 0 Å². The lowest BCUT2D eigenvalue weighted by molar-refractivity contribution is 0.0980. The average Bonchev–Trinajstić information content (AvgIpc) is 2.16. The van der Waals surface area contributed by atoms with Crippen LogP contribution in [0.2, 0.25) is 10.0 Å². The Kier molecular flexibility index (Phi) is 5.44. The number of carbonyl (C=O) groups is 1. The third kappa shape index (κ3) is 4.42. The van der Waals surface area contributed by atoms with Crippen molar-refractivity contribution in [1.29, 1.82) is 0 Å². The SMILES string of the molecule is O=C(CCCCCl)c1cc(Cl)cc(Cl)c1. The topological polar surface area (TPSA) is 17.1 Å². The number of unbranched alkanes of at least 4 members (excludes halogenated alkanes) is 1. The molecule has 0 aromatic heterocycles. The summed E-state index contributed by atoms with van der Waals surface area (Å²) in [6, 6.07) is 4.88. The lowest BCUT2D eigenvalue weighted by Gasteiger charge is -2.02. The van der Waals surface area contributed by atoms with Crippen molar-refractivity contribution in [2.75, 3.05) is 5.88 Å². The lowest BCUT2D eigenvalue weighted by Crippen LogP contribution is -1.99. The zero-order chi connectivity index (χ0) is 11.3. The number of ketones is 1. The molecule has 0 aliphatic rings. The van der Waals surface area contributed by atoms with Gasteiger partial charge in [0.1, 0.15) is 0 Å². The van der Waals surface area contributed by atoms with E-state index in [4.69, 9.17) is 34.8 Å². The first-order valence-corrected chi connectivity index (χ1v) is 5.98. The molecule has 82 valence electrons. The van der Waals surface area contributed by atoms with E-state index in [1.807, 2.05) is 0 Å². The number of rotatable bonds is 5. The molecule has 0 fully saturated rings. The normalized spacial score (nSPS) is 10.3. The maximum atomic E-state index is 11.7. The van der Waals surface area contributed by atoms with Gasteiger partial charge < -0.3 is 0 Å². The van der Waals surface area contributed by atoms with E-state index in [1.54, 1.807) is 18.2 Å². The van der Waals surface area contributed by atoms with Crippen LogP contribution in [0.5, 0.6) is 0 Å². The smallest absolute Gasteiger partial charge is 0.162 e. The van der Waals surface area contributed by atoms with Crippen LogP contribution in [0.15, 0.2) is 18.2 Å². The van der Waals surface area contributed by atoms with Gasteiger partial charge in [0.05, 0.1) is 0 Å². The van der Waals surface area contributed by atoms with E-state index in [2.05, 4.69) is 0 Å². The average molecular weight is 266 g/mol. The van der Waals surface area contributed by atoms with E-state index in [0.29, 0.717) is 27.9 Å². The largest absolute Gasteiger partial charge is 0.294 e. The molecule has 0 bridgehead atoms. The van der Waals surface area contributed by atoms with Gasteiger partial charge in [-0.25, -0.2) is 0 Å². The van der Waals surface area contributed by atoms with E-state index in [9.17, 15) is 4.79 Å². The number of halogens is 3. The van der Waals surface area contributed by atoms with Gasteiger partial charge in [-0.3, -0.25) is 4.79 Å². The van der Waals surface area contributed by atoms with Gasteiger partial charge in [-0.05, 0) is 31.0 Å². The summed E-state index contributed by atoms with van der Waals surface area (Å²) >= 11 is 17.1. The van der Waals surface area contributed by atoms with Gasteiger partial charge in [0.25, 0.3) is 0 Å². The predicted octanol–water partition coefficient (Wildman–Crippen LogP) is 4.59. The van der Waals surface area contributed by atoms with Crippen LogP contribution in [-0.2, 0) is 0 Å². The molecule has 0 atom stereocenters. The third-order valence-electron chi connectivity index (χ3n) is 1.97. The van der Waals surface area contributed by atoms with Crippen molar-refractivity contribution in [3.8, 4) is 0 Å². The minimum atomic E-state index is 0.0597. The highest BCUT2D eigenvalue weighted by Crippen LogP contribution is 2.20. The highest BCUT2D eigenvalue weighted by Gasteiger charge is 2.07. The zero-order valence-corrected chi connectivity index (χ0v) is 10.4. The summed E-state index contributed by atoms with van der Waals surface area (Å²) in [5.41, 5.74) is 0.571. The van der Waals surface area contributed by atoms with E-state index >= 15 is 0 Å². The van der Waals surface area contributed by atoms with Crippen LogP contribution in [0.4, 0.5) is 0 Å². The summed E-state index contributed by atoms with van der Waals surface area (Å²) < 4.78 is 0. The standard InChI is InChI=1S/C11H11Cl3O/c12-4-2-1-3-11(15)8-5-9(13)7-10(14)6-8/h5-7H,1-4H2. The van der Waals surface area contributed by atoms with Gasteiger partial charge in [0.2, 0.25) is 0 Å². The molecule has 0 aliphatic carbocycles. The maximum Gasteiger partial charge on any atom is 0.162 e. The van der Waals surface area contributed by atoms with Crippen molar-refractivity contribution in [2.24, 2.45) is 0 Å². The first kappa shape index (κ1) is 12.8. The first-order chi connectivity index (χ1) is 7.13. The molecule has 0 N–H and O–H groups in total. The zero-order valence-electron chi connectivity index (χ0n) is 8.10. The van der Waals surface area contributed by atoms with E-state index in [1.165, 1.54) is 0 Å². The fourth-order valence-electron chi connectivity index (χ4n) is 1.24. The highest BCUT2D eigenvalue weighted by molar-refractivity contribution is 6.35. The van der Waals surface area contributed by atoms with E-state index in [-0.39, 0.29) is 5.78 Å². The molecule has 0 aliphatic heterocycles. The Balaban J connectivity index is 2.65. The molecular weight excluding hydrogens is 254 g/mol. The molecule has 0 saturated carbocycles. The molecule has 0 heterocycles. The Labute approximate surface area is 104 Å². The van der Waals surface area contributed by atoms with Gasteiger partial charge in [-0.1, -0.05) is 23.2 Å². The molecule has 0 saturated heterocycles. The molecule has 0 unspecified atom stereocenters. The Bertz CT molecular complexity index is 329. The molecule has 0 spiro atoms. The number of benzene rings is 1. The summed E-state index contributed by atoms with van der Waals surface area (Å²) in [6.07, 6.45) is 2.14. The summed E-state index contributed by atoms with van der Waals surface area (Å²) in [4.78, 5) is 11.7. The van der Waals surface area contributed by atoms with Crippen LogP contribution in [0.1, 0.15) is 29.6 Å². The monoisotopic (exact) mass is 264 g/mol. The quantitative estimate of drug-likeness (QED) is 0.432. The van der Waals surface area contributed by atoms with Gasteiger partial charge in [0.15, 0.2) is 5.78 Å². The van der Waals surface area contributed by atoms with Crippen LogP contribution in [0.3, 0.4) is 0 Å². The van der Waals surface area contributed by atoms with Crippen LogP contribution >= 0.6 is 34.8 Å². The fraction of sp³-hybridized carbons (Fsp3) is 0.364. The molecule has 0 amide bonds. The van der Waals surface area contributed by atoms with Gasteiger partial charge >= 0.3 is 0 Å². The van der Waals surface area contributed by atoms with Crippen molar-refractivity contribution >= 4 is 40.6 Å². The Morgan fingerprint density at radius 3 is 2.20 bits per heavy atom. The molecule has 0 radical (unpaired) electrons. The van der Waals surface area contributed by atoms with Crippen molar-refractivity contribution in [1.82, 2.24) is 0 Å². The number of hydrogen-bond donors (Lipinski definition) is 0. The van der Waals surface area contributed by atoms with Crippen molar-refractivity contribution in [2.45, 2.75) is 19.3 Å². The number of hydrogen-bond acceptors (Lipinski definition) is 1. The minimum absolute atomic E-state index is 0.0597. The molecule has 15 heavy (non-hydrogen) atoms. The molecular formula is C11H11Cl3O. The second-order valence-electron chi connectivity index (χ2n) is 3.23. The van der Waals surface area contributed by atoms with Crippen LogP contribution in [0, 0.1) is 0 Å². The Morgan fingerprint density at radius 2 is 1.67 bits per heavy atom. The summed E-state index contributed by atoms with van der Waals surface area (Å²) in [5.74, 6) is 0.647. The van der Waals surface area contributed by atoms with Gasteiger partial charge in [-0.15, -0.1) is 11.6 Å². The molecule has 1 nitrogen and oxygen atoms in total. The molecule has 1 aromatic rings. The summed E-state index contributed by atoms with van der Waals surface area (Å²) in [6.45, 7) is 0. The molecule has 1 aromatic carbocycles. The summed E-state index contributed by atoms with van der Waals surface area (Å²) in [5, 5.41) is 0.978. The van der Waals surface area contributed by atoms with E-state index < -0.39 is 0 Å². The Hall–Kier alpha value is -0.240. The van der Waals surface area contributed by atoms with Crippen LogP contribution < -0.4 is 0 Å². The highest BCUT2D eigenvalue weighted by atomic mass is 35.5.